The van der Waals surface area contributed by atoms with Crippen molar-refractivity contribution in [3.8, 4) is 22.8 Å². The van der Waals surface area contributed by atoms with Crippen LogP contribution in [0.1, 0.15) is 22.1 Å². The standard InChI is InChI=1S/C31H30N6O5/c1-35-16-19(14-33-35)29-15-32-27-9-8-20(12-28(27)34-29)36(21-10-23(41-2)13-24(11-21)42-3)17-22(38)18-37-30(39)25-6-4-5-7-26(25)31(37)40/h4-16,22,30,38-39H,17-18H2,1-3H3. The number of rotatable bonds is 9. The van der Waals surface area contributed by atoms with E-state index in [2.05, 4.69) is 10.1 Å². The number of anilines is 2. The molecule has 2 unspecified atom stereocenters. The van der Waals surface area contributed by atoms with Gasteiger partial charge in [-0.1, -0.05) is 18.2 Å². The fourth-order valence-electron chi connectivity index (χ4n) is 5.20. The first-order valence-corrected chi connectivity index (χ1v) is 13.4. The molecule has 2 aromatic heterocycles. The molecule has 1 aliphatic rings. The van der Waals surface area contributed by atoms with Gasteiger partial charge in [0.25, 0.3) is 5.91 Å². The number of fused-ring (bicyclic) bond motifs is 2. The van der Waals surface area contributed by atoms with Gasteiger partial charge in [0.2, 0.25) is 0 Å². The summed E-state index contributed by atoms with van der Waals surface area (Å²) in [5.41, 5.74) is 5.28. The van der Waals surface area contributed by atoms with Crippen LogP contribution in [0, 0.1) is 0 Å². The maximum atomic E-state index is 13.0. The fraction of sp³-hybridized carbons (Fsp3) is 0.226. The van der Waals surface area contributed by atoms with Gasteiger partial charge < -0.3 is 29.5 Å². The summed E-state index contributed by atoms with van der Waals surface area (Å²) in [6.07, 6.45) is 3.16. The molecule has 0 saturated heterocycles. The number of amides is 1. The Morgan fingerprint density at radius 2 is 1.74 bits per heavy atom. The lowest BCUT2D eigenvalue weighted by molar-refractivity contribution is -0.00196. The van der Waals surface area contributed by atoms with Crippen LogP contribution in [0.3, 0.4) is 0 Å². The molecule has 5 aromatic rings. The van der Waals surface area contributed by atoms with Crippen molar-refractivity contribution in [3.63, 3.8) is 0 Å². The lowest BCUT2D eigenvalue weighted by Gasteiger charge is -2.31. The molecule has 1 amide bonds. The first-order valence-electron chi connectivity index (χ1n) is 13.4. The Kier molecular flexibility index (Phi) is 7.19. The number of aliphatic hydroxyl groups is 2. The van der Waals surface area contributed by atoms with Crippen molar-refractivity contribution in [2.24, 2.45) is 7.05 Å². The normalized spacial score (nSPS) is 15.1. The van der Waals surface area contributed by atoms with Crippen LogP contribution in [-0.2, 0) is 7.05 Å². The second-order valence-electron chi connectivity index (χ2n) is 10.1. The quantitative estimate of drug-likeness (QED) is 0.275. The average Bonchev–Trinajstić information content (AvgIpc) is 3.56. The Hall–Kier alpha value is -5.00. The van der Waals surface area contributed by atoms with Gasteiger partial charge in [0.05, 0.1) is 62.5 Å². The van der Waals surface area contributed by atoms with Crippen LogP contribution < -0.4 is 14.4 Å². The van der Waals surface area contributed by atoms with Crippen molar-refractivity contribution in [1.29, 1.82) is 0 Å². The second-order valence-corrected chi connectivity index (χ2v) is 10.1. The molecule has 0 radical (unpaired) electrons. The number of hydrogen-bond acceptors (Lipinski definition) is 9. The Morgan fingerprint density at radius 3 is 2.43 bits per heavy atom. The first-order chi connectivity index (χ1) is 20.3. The number of aliphatic hydroxyl groups excluding tert-OH is 2. The van der Waals surface area contributed by atoms with E-state index >= 15 is 0 Å². The SMILES string of the molecule is COc1cc(OC)cc(N(CC(O)CN2C(=O)c3ccccc3C2O)c2ccc3ncc(-c4cnn(C)c4)nc3c2)c1. The molecular formula is C31H30N6O5. The average molecular weight is 567 g/mol. The van der Waals surface area contributed by atoms with Gasteiger partial charge in [0, 0.05) is 59.5 Å². The Bertz CT molecular complexity index is 1750. The summed E-state index contributed by atoms with van der Waals surface area (Å²) >= 11 is 0. The van der Waals surface area contributed by atoms with Gasteiger partial charge in [-0.15, -0.1) is 0 Å². The van der Waals surface area contributed by atoms with Crippen LogP contribution >= 0.6 is 0 Å². The van der Waals surface area contributed by atoms with Gasteiger partial charge in [-0.2, -0.15) is 5.10 Å². The van der Waals surface area contributed by atoms with Crippen molar-refractivity contribution in [3.05, 3.63) is 90.4 Å². The van der Waals surface area contributed by atoms with E-state index in [1.165, 1.54) is 4.90 Å². The molecule has 1 aliphatic heterocycles. The summed E-state index contributed by atoms with van der Waals surface area (Å²) in [6.45, 7) is 0.00915. The van der Waals surface area contributed by atoms with Crippen LogP contribution in [0.4, 0.5) is 11.4 Å². The van der Waals surface area contributed by atoms with E-state index in [9.17, 15) is 15.0 Å². The maximum absolute atomic E-state index is 13.0. The lowest BCUT2D eigenvalue weighted by Crippen LogP contribution is -2.40. The van der Waals surface area contributed by atoms with Crippen molar-refractivity contribution in [2.45, 2.75) is 12.3 Å². The zero-order valence-electron chi connectivity index (χ0n) is 23.4. The Balaban J connectivity index is 1.36. The minimum Gasteiger partial charge on any atom is -0.497 e. The molecule has 2 N–H and O–H groups in total. The number of carbonyl (C=O) groups excluding carboxylic acids is 1. The van der Waals surface area contributed by atoms with Gasteiger partial charge in [-0.3, -0.25) is 14.5 Å². The highest BCUT2D eigenvalue weighted by Crippen LogP contribution is 2.35. The van der Waals surface area contributed by atoms with E-state index in [4.69, 9.17) is 14.5 Å². The number of hydrogen-bond donors (Lipinski definition) is 2. The summed E-state index contributed by atoms with van der Waals surface area (Å²) < 4.78 is 12.7. The number of β-amino-alcohol motifs (C(OH)–C–C–N with tert-alkyl or cyclic N) is 1. The topological polar surface area (TPSA) is 126 Å². The molecule has 11 nitrogen and oxygen atoms in total. The van der Waals surface area contributed by atoms with E-state index in [1.807, 2.05) is 48.5 Å². The third-order valence-electron chi connectivity index (χ3n) is 7.31. The van der Waals surface area contributed by atoms with Gasteiger partial charge in [-0.25, -0.2) is 4.98 Å². The van der Waals surface area contributed by atoms with Crippen LogP contribution in [0.15, 0.2) is 79.3 Å². The highest BCUT2D eigenvalue weighted by Gasteiger charge is 2.36. The van der Waals surface area contributed by atoms with Crippen LogP contribution in [0.5, 0.6) is 11.5 Å². The molecule has 3 aromatic carbocycles. The molecule has 3 heterocycles. The number of aromatic nitrogens is 4. The number of ether oxygens (including phenoxy) is 2. The zero-order valence-corrected chi connectivity index (χ0v) is 23.4. The highest BCUT2D eigenvalue weighted by atomic mass is 16.5. The van der Waals surface area contributed by atoms with Gasteiger partial charge >= 0.3 is 0 Å². The molecule has 42 heavy (non-hydrogen) atoms. The molecule has 0 aliphatic carbocycles. The molecule has 0 spiro atoms. The predicted molar refractivity (Wildman–Crippen MR) is 157 cm³/mol. The number of benzene rings is 3. The first kappa shape index (κ1) is 27.2. The van der Waals surface area contributed by atoms with Gasteiger partial charge in [0.15, 0.2) is 6.23 Å². The number of nitrogens with zero attached hydrogens (tertiary/aromatic N) is 6. The molecule has 6 rings (SSSR count). The van der Waals surface area contributed by atoms with Crippen molar-refractivity contribution >= 4 is 28.3 Å². The smallest absolute Gasteiger partial charge is 0.256 e. The van der Waals surface area contributed by atoms with Gasteiger partial charge in [0.1, 0.15) is 11.5 Å². The van der Waals surface area contributed by atoms with E-state index in [0.717, 1.165) is 11.3 Å². The highest BCUT2D eigenvalue weighted by molar-refractivity contribution is 5.99. The van der Waals surface area contributed by atoms with E-state index < -0.39 is 12.3 Å². The van der Waals surface area contributed by atoms with Crippen LogP contribution in [0.25, 0.3) is 22.3 Å². The summed E-state index contributed by atoms with van der Waals surface area (Å²) in [7, 11) is 4.98. The predicted octanol–water partition coefficient (Wildman–Crippen LogP) is 3.69. The van der Waals surface area contributed by atoms with Crippen molar-refractivity contribution < 1.29 is 24.5 Å². The maximum Gasteiger partial charge on any atom is 0.256 e. The van der Waals surface area contributed by atoms with Gasteiger partial charge in [-0.05, 0) is 24.3 Å². The summed E-state index contributed by atoms with van der Waals surface area (Å²) in [5.74, 6) is 0.823. The van der Waals surface area contributed by atoms with Crippen LogP contribution in [-0.4, -0.2) is 74.2 Å². The van der Waals surface area contributed by atoms with Crippen molar-refractivity contribution in [2.75, 3.05) is 32.2 Å². The Labute approximate surface area is 242 Å². The van der Waals surface area contributed by atoms with E-state index in [1.54, 1.807) is 61.6 Å². The third kappa shape index (κ3) is 5.11. The fourth-order valence-corrected chi connectivity index (χ4v) is 5.20. The molecule has 2 atom stereocenters. The largest absolute Gasteiger partial charge is 0.497 e. The zero-order chi connectivity index (χ0) is 29.4. The number of carbonyl (C=O) groups is 1. The van der Waals surface area contributed by atoms with Crippen LogP contribution in [0.2, 0.25) is 0 Å². The monoisotopic (exact) mass is 566 g/mol. The number of aryl methyl sites for hydroxylation is 1. The molecule has 0 fully saturated rings. The van der Waals surface area contributed by atoms with E-state index in [-0.39, 0.29) is 19.0 Å². The minimum absolute atomic E-state index is 0.0785. The molecule has 0 saturated carbocycles. The molecule has 11 heteroatoms. The molecule has 214 valence electrons. The summed E-state index contributed by atoms with van der Waals surface area (Å²) in [4.78, 5) is 25.6. The Morgan fingerprint density at radius 1 is 0.976 bits per heavy atom. The molecule has 0 bridgehead atoms. The molecular weight excluding hydrogens is 536 g/mol. The summed E-state index contributed by atoms with van der Waals surface area (Å²) in [6, 6.07) is 18.0. The van der Waals surface area contributed by atoms with E-state index in [0.29, 0.717) is 45.0 Å². The third-order valence-corrected chi connectivity index (χ3v) is 7.31. The van der Waals surface area contributed by atoms with Crippen molar-refractivity contribution in [1.82, 2.24) is 24.6 Å². The lowest BCUT2D eigenvalue weighted by atomic mass is 10.1. The number of methoxy groups -OCH3 is 2. The second kappa shape index (κ2) is 11.1. The summed E-state index contributed by atoms with van der Waals surface area (Å²) in [5, 5.41) is 26.4. The minimum atomic E-state index is -1.13.